The minimum Gasteiger partial charge on any atom is -0.378 e. The van der Waals surface area contributed by atoms with Crippen LogP contribution in [0.2, 0.25) is 0 Å². The quantitative estimate of drug-likeness (QED) is 0.550. The summed E-state index contributed by atoms with van der Waals surface area (Å²) in [6.07, 6.45) is 4.72. The molecule has 1 atom stereocenters. The Morgan fingerprint density at radius 1 is 1.60 bits per heavy atom. The molecular weight excluding hydrogens is 190 g/mol. The third kappa shape index (κ3) is 5.44. The molecule has 0 spiro atoms. The maximum absolute atomic E-state index is 11.3. The molecule has 3 heteroatoms. The molecule has 0 saturated carbocycles. The highest BCUT2D eigenvalue weighted by Gasteiger charge is 2.16. The van der Waals surface area contributed by atoms with E-state index in [9.17, 15) is 4.79 Å². The van der Waals surface area contributed by atoms with E-state index in [0.29, 0.717) is 19.1 Å². The molecule has 0 aliphatic carbocycles. The summed E-state index contributed by atoms with van der Waals surface area (Å²) in [5.74, 6) is 5.82. The first kappa shape index (κ1) is 12.1. The van der Waals surface area contributed by atoms with Crippen LogP contribution < -0.4 is 5.32 Å². The van der Waals surface area contributed by atoms with E-state index >= 15 is 0 Å². The Morgan fingerprint density at radius 2 is 2.47 bits per heavy atom. The zero-order chi connectivity index (χ0) is 10.9. The first-order valence-corrected chi connectivity index (χ1v) is 5.61. The van der Waals surface area contributed by atoms with Crippen molar-refractivity contribution < 1.29 is 9.53 Å². The van der Waals surface area contributed by atoms with Gasteiger partial charge in [0.05, 0.1) is 6.10 Å². The number of carbonyl (C=O) groups excluding carboxylic acids is 1. The predicted molar refractivity (Wildman–Crippen MR) is 59.3 cm³/mol. The third-order valence-corrected chi connectivity index (χ3v) is 2.47. The number of rotatable bonds is 5. The van der Waals surface area contributed by atoms with Crippen molar-refractivity contribution in [3.63, 3.8) is 0 Å². The maximum Gasteiger partial charge on any atom is 0.220 e. The molecule has 3 nitrogen and oxygen atoms in total. The van der Waals surface area contributed by atoms with Gasteiger partial charge in [0, 0.05) is 26.0 Å². The Labute approximate surface area is 91.6 Å². The summed E-state index contributed by atoms with van der Waals surface area (Å²) in [5.41, 5.74) is 0. The van der Waals surface area contributed by atoms with E-state index in [1.807, 2.05) is 0 Å². The lowest BCUT2D eigenvalue weighted by Crippen LogP contribution is -2.25. The van der Waals surface area contributed by atoms with E-state index in [2.05, 4.69) is 17.2 Å². The molecule has 0 aromatic heterocycles. The molecule has 84 valence electrons. The van der Waals surface area contributed by atoms with E-state index < -0.39 is 0 Å². The van der Waals surface area contributed by atoms with Gasteiger partial charge >= 0.3 is 0 Å². The lowest BCUT2D eigenvalue weighted by Gasteiger charge is -2.08. The van der Waals surface area contributed by atoms with E-state index in [-0.39, 0.29) is 5.91 Å². The summed E-state index contributed by atoms with van der Waals surface area (Å²) in [4.78, 5) is 11.3. The molecule has 0 radical (unpaired) electrons. The normalized spacial score (nSPS) is 19.4. The fraction of sp³-hybridized carbons (Fsp3) is 0.750. The second-order valence-corrected chi connectivity index (χ2v) is 3.70. The van der Waals surface area contributed by atoms with E-state index in [1.54, 1.807) is 6.92 Å². The number of nitrogens with one attached hydrogen (secondary N) is 1. The summed E-state index contributed by atoms with van der Waals surface area (Å²) < 4.78 is 5.44. The summed E-state index contributed by atoms with van der Waals surface area (Å²) in [7, 11) is 0. The van der Waals surface area contributed by atoms with E-state index in [1.165, 1.54) is 0 Å². The van der Waals surface area contributed by atoms with Crippen LogP contribution in [0.5, 0.6) is 0 Å². The van der Waals surface area contributed by atoms with Crippen LogP contribution in [0.1, 0.15) is 39.0 Å². The zero-order valence-electron chi connectivity index (χ0n) is 9.34. The summed E-state index contributed by atoms with van der Waals surface area (Å²) >= 11 is 0. The van der Waals surface area contributed by atoms with Crippen LogP contribution in [0.15, 0.2) is 0 Å². The highest BCUT2D eigenvalue weighted by Crippen LogP contribution is 2.16. The highest BCUT2D eigenvalue weighted by atomic mass is 16.5. The van der Waals surface area contributed by atoms with Crippen LogP contribution in [0.3, 0.4) is 0 Å². The zero-order valence-corrected chi connectivity index (χ0v) is 9.34. The van der Waals surface area contributed by atoms with Gasteiger partial charge in [-0.1, -0.05) is 0 Å². The smallest absolute Gasteiger partial charge is 0.220 e. The van der Waals surface area contributed by atoms with Gasteiger partial charge in [0.15, 0.2) is 0 Å². The molecule has 0 bridgehead atoms. The fourth-order valence-electron chi connectivity index (χ4n) is 1.64. The predicted octanol–water partition coefficient (Wildman–Crippen LogP) is 1.48. The van der Waals surface area contributed by atoms with Crippen molar-refractivity contribution in [1.82, 2.24) is 5.32 Å². The van der Waals surface area contributed by atoms with Crippen molar-refractivity contribution in [3.8, 4) is 11.8 Å². The second kappa shape index (κ2) is 7.30. The number of hydrogen-bond acceptors (Lipinski definition) is 2. The van der Waals surface area contributed by atoms with Gasteiger partial charge in [-0.15, -0.1) is 11.8 Å². The van der Waals surface area contributed by atoms with Gasteiger partial charge in [0.1, 0.15) is 0 Å². The molecule has 1 unspecified atom stereocenters. The maximum atomic E-state index is 11.3. The van der Waals surface area contributed by atoms with Crippen LogP contribution in [-0.4, -0.2) is 25.2 Å². The van der Waals surface area contributed by atoms with Gasteiger partial charge < -0.3 is 10.1 Å². The van der Waals surface area contributed by atoms with Gasteiger partial charge in [0.25, 0.3) is 0 Å². The molecule has 1 amide bonds. The Balaban J connectivity index is 1.99. The van der Waals surface area contributed by atoms with Crippen LogP contribution in [-0.2, 0) is 9.53 Å². The number of carbonyl (C=O) groups is 1. The van der Waals surface area contributed by atoms with Gasteiger partial charge in [0.2, 0.25) is 5.91 Å². The summed E-state index contributed by atoms with van der Waals surface area (Å²) in [6.45, 7) is 3.32. The minimum absolute atomic E-state index is 0.114. The van der Waals surface area contributed by atoms with Crippen LogP contribution in [0, 0.1) is 11.8 Å². The lowest BCUT2D eigenvalue weighted by atomic mass is 10.1. The largest absolute Gasteiger partial charge is 0.378 e. The monoisotopic (exact) mass is 209 g/mol. The van der Waals surface area contributed by atoms with Gasteiger partial charge in [-0.05, 0) is 26.2 Å². The van der Waals surface area contributed by atoms with Crippen LogP contribution >= 0.6 is 0 Å². The minimum atomic E-state index is 0.114. The molecule has 1 N–H and O–H groups in total. The van der Waals surface area contributed by atoms with E-state index in [0.717, 1.165) is 32.3 Å². The topological polar surface area (TPSA) is 38.3 Å². The first-order chi connectivity index (χ1) is 7.33. The average molecular weight is 209 g/mol. The van der Waals surface area contributed by atoms with E-state index in [4.69, 9.17) is 4.74 Å². The number of ether oxygens (including phenoxy) is 1. The SMILES string of the molecule is CC#CCCNC(=O)CCC1CCCO1. The Morgan fingerprint density at radius 3 is 3.13 bits per heavy atom. The molecule has 1 aliphatic rings. The van der Waals surface area contributed by atoms with Crippen LogP contribution in [0.25, 0.3) is 0 Å². The molecule has 15 heavy (non-hydrogen) atoms. The molecule has 1 rings (SSSR count). The number of hydrogen-bond donors (Lipinski definition) is 1. The fourth-order valence-corrected chi connectivity index (χ4v) is 1.64. The van der Waals surface area contributed by atoms with Crippen molar-refractivity contribution in [2.75, 3.05) is 13.2 Å². The standard InChI is InChI=1S/C12H19NO2/c1-2-3-4-9-13-12(14)8-7-11-6-5-10-15-11/h11H,4-10H2,1H3,(H,13,14). The molecule has 0 aromatic rings. The Hall–Kier alpha value is -1.01. The van der Waals surface area contributed by atoms with Crippen molar-refractivity contribution in [2.24, 2.45) is 0 Å². The Bertz CT molecular complexity index is 246. The van der Waals surface area contributed by atoms with Gasteiger partial charge in [-0.25, -0.2) is 0 Å². The molecule has 1 fully saturated rings. The van der Waals surface area contributed by atoms with Gasteiger partial charge in [-0.2, -0.15) is 0 Å². The van der Waals surface area contributed by atoms with Crippen molar-refractivity contribution in [3.05, 3.63) is 0 Å². The van der Waals surface area contributed by atoms with Crippen molar-refractivity contribution in [1.29, 1.82) is 0 Å². The summed E-state index contributed by atoms with van der Waals surface area (Å²) in [5, 5.41) is 2.84. The van der Waals surface area contributed by atoms with Gasteiger partial charge in [-0.3, -0.25) is 4.79 Å². The second-order valence-electron chi connectivity index (χ2n) is 3.70. The molecule has 1 heterocycles. The van der Waals surface area contributed by atoms with Crippen molar-refractivity contribution in [2.45, 2.75) is 45.1 Å². The first-order valence-electron chi connectivity index (χ1n) is 5.61. The molecular formula is C12H19NO2. The average Bonchev–Trinajstić information content (AvgIpc) is 2.74. The highest BCUT2D eigenvalue weighted by molar-refractivity contribution is 5.75. The lowest BCUT2D eigenvalue weighted by molar-refractivity contribution is -0.121. The molecule has 1 saturated heterocycles. The van der Waals surface area contributed by atoms with Crippen LogP contribution in [0.4, 0.5) is 0 Å². The Kier molecular flexibility index (Phi) is 5.87. The third-order valence-electron chi connectivity index (χ3n) is 2.47. The van der Waals surface area contributed by atoms with Crippen molar-refractivity contribution >= 4 is 5.91 Å². The number of amides is 1. The molecule has 1 aliphatic heterocycles. The molecule has 0 aromatic carbocycles. The summed E-state index contributed by atoms with van der Waals surface area (Å²) in [6, 6.07) is 0.